The number of fused-ring (bicyclic) bond motifs is 2. The van der Waals surface area contributed by atoms with Crippen LogP contribution in [0.15, 0.2) is 88.1 Å². The van der Waals surface area contributed by atoms with Gasteiger partial charge in [-0.2, -0.15) is 4.58 Å². The highest BCUT2D eigenvalue weighted by Gasteiger charge is 2.45. The molecule has 304 valence electrons. The highest BCUT2D eigenvalue weighted by atomic mass is 32.2. The van der Waals surface area contributed by atoms with Crippen LogP contribution in [0.5, 0.6) is 0 Å². The van der Waals surface area contributed by atoms with E-state index in [1.165, 1.54) is 18.2 Å². The van der Waals surface area contributed by atoms with Crippen LogP contribution >= 0.6 is 0 Å². The monoisotopic (exact) mass is 829 g/mol. The predicted octanol–water partition coefficient (Wildman–Crippen LogP) is 4.47. The molecule has 0 radical (unpaired) electrons. The average Bonchev–Trinajstić information content (AvgIpc) is 3.43. The summed E-state index contributed by atoms with van der Waals surface area (Å²) in [7, 11) is -13.7. The summed E-state index contributed by atoms with van der Waals surface area (Å²) in [5, 5.41) is 3.24. The second-order valence-corrected chi connectivity index (χ2v) is 19.7. The van der Waals surface area contributed by atoms with E-state index in [9.17, 15) is 43.7 Å². The van der Waals surface area contributed by atoms with Gasteiger partial charge in [-0.1, -0.05) is 43.7 Å². The molecule has 17 heteroatoms. The summed E-state index contributed by atoms with van der Waals surface area (Å²) >= 11 is 0. The van der Waals surface area contributed by atoms with Crippen molar-refractivity contribution in [3.63, 3.8) is 0 Å². The van der Waals surface area contributed by atoms with Gasteiger partial charge in [0, 0.05) is 64.7 Å². The van der Waals surface area contributed by atoms with Gasteiger partial charge in [0.25, 0.3) is 6.47 Å². The van der Waals surface area contributed by atoms with Crippen molar-refractivity contribution in [1.82, 2.24) is 5.32 Å². The average molecular weight is 830 g/mol. The van der Waals surface area contributed by atoms with Gasteiger partial charge >= 0.3 is 0 Å². The first-order chi connectivity index (χ1) is 26.0. The Hall–Kier alpha value is -4.13. The molecule has 0 saturated carbocycles. The maximum atomic E-state index is 12.0. The van der Waals surface area contributed by atoms with Gasteiger partial charge in [0.05, 0.1) is 30.5 Å². The minimum Gasteiger partial charge on any atom is -0.748 e. The first-order valence-electron chi connectivity index (χ1n) is 18.2. The molecule has 0 unspecified atom stereocenters. The third kappa shape index (κ3) is 9.69. The van der Waals surface area contributed by atoms with E-state index in [0.29, 0.717) is 42.8 Å². The number of ether oxygens (including phenoxy) is 1. The van der Waals surface area contributed by atoms with Gasteiger partial charge < -0.3 is 28.6 Å². The van der Waals surface area contributed by atoms with E-state index >= 15 is 0 Å². The van der Waals surface area contributed by atoms with Crippen molar-refractivity contribution in [3.8, 4) is 0 Å². The maximum Gasteiger partial charge on any atom is 0.294 e. The molecule has 3 aliphatic rings. The molecular weight excluding hydrogens is 783 g/mol. The minimum atomic E-state index is -4.77. The molecule has 1 aliphatic carbocycles. The van der Waals surface area contributed by atoms with Crippen LogP contribution in [-0.4, -0.2) is 87.0 Å². The van der Waals surface area contributed by atoms with E-state index in [2.05, 4.69) is 30.1 Å². The lowest BCUT2D eigenvalue weighted by atomic mass is 9.81. The second-order valence-electron chi connectivity index (χ2n) is 15.2. The van der Waals surface area contributed by atoms with Crippen molar-refractivity contribution in [2.75, 3.05) is 36.2 Å². The largest absolute Gasteiger partial charge is 0.748 e. The molecule has 1 N–H and O–H groups in total. The summed E-state index contributed by atoms with van der Waals surface area (Å²) in [5.41, 5.74) is 6.99. The lowest BCUT2D eigenvalue weighted by molar-refractivity contribution is -0.437. The minimum absolute atomic E-state index is 0.00386. The third-order valence-electron chi connectivity index (χ3n) is 10.6. The van der Waals surface area contributed by atoms with Crippen LogP contribution in [0.4, 0.5) is 11.4 Å². The number of hydrogen-bond acceptors (Lipinski definition) is 13. The molecule has 2 aromatic carbocycles. The molecule has 56 heavy (non-hydrogen) atoms. The normalized spacial score (nSPS) is 19.6. The van der Waals surface area contributed by atoms with Gasteiger partial charge in [-0.25, -0.2) is 25.3 Å². The Morgan fingerprint density at radius 1 is 0.857 bits per heavy atom. The van der Waals surface area contributed by atoms with E-state index in [-0.39, 0.29) is 26.1 Å². The zero-order chi connectivity index (χ0) is 41.3. The van der Waals surface area contributed by atoms with Crippen molar-refractivity contribution in [3.05, 3.63) is 99.9 Å². The van der Waals surface area contributed by atoms with Crippen molar-refractivity contribution in [1.29, 1.82) is 0 Å². The summed E-state index contributed by atoms with van der Waals surface area (Å²) in [6, 6.07) is 10.2. The van der Waals surface area contributed by atoms with E-state index in [1.54, 1.807) is 0 Å². The van der Waals surface area contributed by atoms with Crippen molar-refractivity contribution >= 4 is 53.9 Å². The van der Waals surface area contributed by atoms with Crippen LogP contribution in [0.1, 0.15) is 76.5 Å². The van der Waals surface area contributed by atoms with Gasteiger partial charge in [-0.15, -0.1) is 0 Å². The lowest BCUT2D eigenvalue weighted by Gasteiger charge is -2.28. The zero-order valence-electron chi connectivity index (χ0n) is 32.0. The molecule has 14 nitrogen and oxygen atoms in total. The summed E-state index contributed by atoms with van der Waals surface area (Å²) in [5.74, 6) is -1.09. The van der Waals surface area contributed by atoms with Crippen LogP contribution in [0.25, 0.3) is 0 Å². The maximum absolute atomic E-state index is 12.0. The summed E-state index contributed by atoms with van der Waals surface area (Å²) in [4.78, 5) is 12.8. The van der Waals surface area contributed by atoms with Crippen molar-refractivity contribution in [2.24, 2.45) is 0 Å². The molecule has 0 atom stereocenters. The smallest absolute Gasteiger partial charge is 0.294 e. The quantitative estimate of drug-likeness (QED) is 0.0814. The lowest BCUT2D eigenvalue weighted by Crippen LogP contribution is -2.28. The topological polar surface area (TPSA) is 216 Å². The molecule has 0 aromatic heterocycles. The van der Waals surface area contributed by atoms with E-state index in [0.717, 1.165) is 45.8 Å². The molecule has 0 fully saturated rings. The fourth-order valence-electron chi connectivity index (χ4n) is 7.87. The summed E-state index contributed by atoms with van der Waals surface area (Å²) in [6.07, 6.45) is 9.97. The van der Waals surface area contributed by atoms with Crippen LogP contribution in [0, 0.1) is 6.92 Å². The molecule has 2 heterocycles. The number of carbonyl (C=O) groups is 1. The SMILES string of the molecule is Cc1ccc2c(c1)C(C)(C)/C(=C/C=C1\CCCC(/C=C/C3=[N+](CCCS(=O)(=O)[O-])c4ccc(S(=O)(=O)[O-])cc4C3(C)C)=C1NCOC=O)N2CCCS(=O)(=O)[O-]. The predicted molar refractivity (Wildman–Crippen MR) is 208 cm³/mol. The van der Waals surface area contributed by atoms with Gasteiger partial charge in [0.2, 0.25) is 5.69 Å². The number of carbonyl (C=O) groups excluding carboxylic acids is 1. The first kappa shape index (κ1) is 43.0. The Balaban J connectivity index is 1.59. The Morgan fingerprint density at radius 2 is 1.55 bits per heavy atom. The van der Waals surface area contributed by atoms with Gasteiger partial charge in [-0.3, -0.25) is 4.79 Å². The molecular formula is C39H47N3O11S3-2. The number of nitrogens with one attached hydrogen (secondary N) is 1. The van der Waals surface area contributed by atoms with Crippen molar-refractivity contribution in [2.45, 2.75) is 82.4 Å². The van der Waals surface area contributed by atoms with Crippen molar-refractivity contribution < 1.29 is 53.0 Å². The van der Waals surface area contributed by atoms with Gasteiger partial charge in [0.1, 0.15) is 16.7 Å². The fourth-order valence-corrected chi connectivity index (χ4v) is 9.34. The second kappa shape index (κ2) is 16.4. The van der Waals surface area contributed by atoms with E-state index < -0.39 is 57.6 Å². The van der Waals surface area contributed by atoms with E-state index in [4.69, 9.17) is 4.74 Å². The van der Waals surface area contributed by atoms with Crippen LogP contribution in [-0.2, 0) is 50.7 Å². The summed E-state index contributed by atoms with van der Waals surface area (Å²) in [6.45, 7) is 10.6. The molecule has 0 amide bonds. The number of hydrogen-bond donors (Lipinski definition) is 1. The molecule has 5 rings (SSSR count). The fraction of sp³-hybridized carbons (Fsp3) is 0.436. The van der Waals surface area contributed by atoms with Crippen LogP contribution < -0.4 is 10.2 Å². The zero-order valence-corrected chi connectivity index (χ0v) is 34.5. The third-order valence-corrected chi connectivity index (χ3v) is 13.0. The number of aryl methyl sites for hydroxylation is 1. The van der Waals surface area contributed by atoms with Crippen LogP contribution in [0.3, 0.4) is 0 Å². The molecule has 0 saturated heterocycles. The van der Waals surface area contributed by atoms with Crippen LogP contribution in [0.2, 0.25) is 0 Å². The van der Waals surface area contributed by atoms with E-state index in [1.807, 2.05) is 61.8 Å². The molecule has 2 aliphatic heterocycles. The molecule has 0 spiro atoms. The highest BCUT2D eigenvalue weighted by molar-refractivity contribution is 7.86. The number of rotatable bonds is 16. The number of benzene rings is 2. The molecule has 0 bridgehead atoms. The number of allylic oxidation sites excluding steroid dienone is 7. The Bertz CT molecular complexity index is 2390. The Kier molecular flexibility index (Phi) is 12.6. The Labute approximate surface area is 329 Å². The van der Waals surface area contributed by atoms with Gasteiger partial charge in [0.15, 0.2) is 12.4 Å². The Morgan fingerprint density at radius 3 is 2.21 bits per heavy atom. The standard InChI is InChI=1S/C39H49N3O11S3/c1-27-11-15-33-31(23-27)38(2,3)35(41(33)19-7-21-54(44,45)46)17-12-28-9-6-10-29(37(28)40-25-53-26-43)13-18-36-39(4,5)32-24-30(56(50,51)52)14-16-34(32)42(36)20-8-22-55(47,48)49/h11-18,23-24,26H,6-10,19-22,25H2,1-5H3,(H3,44,45,46,47,48,49,50,51,52)/p-2/b28-12+,35-17-. The summed E-state index contributed by atoms with van der Waals surface area (Å²) < 4.78 is 112. The van der Waals surface area contributed by atoms with Gasteiger partial charge in [-0.05, 0) is 87.4 Å². The first-order valence-corrected chi connectivity index (χ1v) is 22.7. The number of nitrogens with zero attached hydrogens (tertiary/aromatic N) is 2. The number of anilines is 1. The molecule has 2 aromatic rings. The highest BCUT2D eigenvalue weighted by Crippen LogP contribution is 2.48.